The molecule has 2 aliphatic rings. The van der Waals surface area contributed by atoms with Crippen molar-refractivity contribution in [3.63, 3.8) is 0 Å². The summed E-state index contributed by atoms with van der Waals surface area (Å²) in [6.45, 7) is -0.387. The minimum Gasteiger partial charge on any atom is -0.481 e. The first-order valence-corrected chi connectivity index (χ1v) is 12.7. The van der Waals surface area contributed by atoms with Gasteiger partial charge in [-0.1, -0.05) is 35.9 Å². The van der Waals surface area contributed by atoms with E-state index in [1.807, 2.05) is 30.3 Å². The zero-order valence-corrected chi connectivity index (χ0v) is 20.4. The minimum absolute atomic E-state index is 0.0156. The lowest BCUT2D eigenvalue weighted by atomic mass is 10.0. The van der Waals surface area contributed by atoms with Crippen molar-refractivity contribution < 1.29 is 28.5 Å². The van der Waals surface area contributed by atoms with E-state index >= 15 is 0 Å². The maximum Gasteiger partial charge on any atom is 0.344 e. The van der Waals surface area contributed by atoms with Crippen molar-refractivity contribution in [2.75, 3.05) is 13.2 Å². The number of rotatable bonds is 8. The molecule has 0 bridgehead atoms. The Morgan fingerprint density at radius 2 is 1.14 bits per heavy atom. The second kappa shape index (κ2) is 10.7. The number of carbonyl (C=O) groups excluding carboxylic acids is 2. The van der Waals surface area contributed by atoms with Gasteiger partial charge < -0.3 is 18.9 Å². The third-order valence-electron chi connectivity index (χ3n) is 6.76. The summed E-state index contributed by atoms with van der Waals surface area (Å²) in [5, 5.41) is 3.49. The van der Waals surface area contributed by atoms with Gasteiger partial charge in [-0.3, -0.25) is 0 Å². The van der Waals surface area contributed by atoms with Crippen LogP contribution in [0.3, 0.4) is 0 Å². The van der Waals surface area contributed by atoms with Crippen molar-refractivity contribution >= 4 is 45.1 Å². The molecule has 0 unspecified atom stereocenters. The van der Waals surface area contributed by atoms with Crippen LogP contribution in [0.1, 0.15) is 51.4 Å². The summed E-state index contributed by atoms with van der Waals surface area (Å²) in [5.41, 5.74) is 0. The Balaban J connectivity index is 1.43. The number of fused-ring (bicyclic) bond motifs is 2. The first-order chi connectivity index (χ1) is 17.1. The smallest absolute Gasteiger partial charge is 0.344 e. The third-order valence-corrected chi connectivity index (χ3v) is 6.99. The average molecular weight is 497 g/mol. The van der Waals surface area contributed by atoms with Gasteiger partial charge in [0.2, 0.25) is 0 Å². The highest BCUT2D eigenvalue weighted by Gasteiger charge is 2.23. The molecule has 5 rings (SSSR count). The van der Waals surface area contributed by atoms with E-state index in [4.69, 9.17) is 30.5 Å². The first kappa shape index (κ1) is 23.7. The van der Waals surface area contributed by atoms with Gasteiger partial charge >= 0.3 is 11.9 Å². The molecule has 0 N–H and O–H groups in total. The quantitative estimate of drug-likeness (QED) is 0.266. The summed E-state index contributed by atoms with van der Waals surface area (Å²) in [5.74, 6) is 0.322. The van der Waals surface area contributed by atoms with E-state index in [9.17, 15) is 9.59 Å². The van der Waals surface area contributed by atoms with Gasteiger partial charge in [-0.05, 0) is 69.6 Å². The van der Waals surface area contributed by atoms with Crippen LogP contribution in [0, 0.1) is 0 Å². The fraction of sp³-hybridized carbons (Fsp3) is 0.429. The monoisotopic (exact) mass is 496 g/mol. The number of hydrogen-bond acceptors (Lipinski definition) is 6. The molecule has 184 valence electrons. The van der Waals surface area contributed by atoms with Crippen LogP contribution in [0.5, 0.6) is 11.5 Å². The normalized spacial score (nSPS) is 16.6. The molecule has 0 spiro atoms. The third kappa shape index (κ3) is 5.48. The van der Waals surface area contributed by atoms with Crippen molar-refractivity contribution in [3.8, 4) is 11.5 Å². The number of ether oxygens (including phenoxy) is 4. The van der Waals surface area contributed by atoms with E-state index in [0.29, 0.717) is 21.9 Å². The lowest BCUT2D eigenvalue weighted by molar-refractivity contribution is -0.152. The first-order valence-electron chi connectivity index (χ1n) is 12.4. The van der Waals surface area contributed by atoms with Gasteiger partial charge in [0.25, 0.3) is 0 Å². The number of hydrogen-bond donors (Lipinski definition) is 0. The molecule has 3 aromatic rings. The average Bonchev–Trinajstić information content (AvgIpc) is 3.55. The van der Waals surface area contributed by atoms with Gasteiger partial charge in [-0.15, -0.1) is 0 Å². The summed E-state index contributed by atoms with van der Waals surface area (Å²) in [4.78, 5) is 24.9. The van der Waals surface area contributed by atoms with Crippen LogP contribution in [0.15, 0.2) is 42.5 Å². The largest absolute Gasteiger partial charge is 0.481 e. The molecule has 2 saturated carbocycles. The van der Waals surface area contributed by atoms with E-state index in [0.717, 1.165) is 67.5 Å². The maximum atomic E-state index is 12.4. The van der Waals surface area contributed by atoms with Crippen LogP contribution < -0.4 is 9.47 Å². The molecule has 0 radical (unpaired) electrons. The fourth-order valence-electron chi connectivity index (χ4n) is 5.10. The minimum atomic E-state index is -0.383. The SMILES string of the molecule is O=C(COc1c2ccccc2c(OCC(=O)OC2CCCC2)c2cc(Cl)ccc12)OC1CCCC1. The van der Waals surface area contributed by atoms with E-state index in [2.05, 4.69) is 0 Å². The van der Waals surface area contributed by atoms with Gasteiger partial charge in [-0.25, -0.2) is 9.59 Å². The molecule has 0 amide bonds. The number of carbonyl (C=O) groups is 2. The Labute approximate surface area is 209 Å². The van der Waals surface area contributed by atoms with Gasteiger partial charge in [0, 0.05) is 26.6 Å². The Bertz CT molecular complexity index is 1230. The van der Waals surface area contributed by atoms with Crippen LogP contribution in [-0.2, 0) is 19.1 Å². The van der Waals surface area contributed by atoms with Gasteiger partial charge in [0.05, 0.1) is 0 Å². The molecule has 2 fully saturated rings. The summed E-state index contributed by atoms with van der Waals surface area (Å²) < 4.78 is 23.2. The van der Waals surface area contributed by atoms with Crippen molar-refractivity contribution in [2.24, 2.45) is 0 Å². The predicted molar refractivity (Wildman–Crippen MR) is 134 cm³/mol. The van der Waals surface area contributed by atoms with Crippen LogP contribution in [0.25, 0.3) is 21.5 Å². The topological polar surface area (TPSA) is 71.1 Å². The van der Waals surface area contributed by atoms with E-state index in [1.54, 1.807) is 12.1 Å². The Morgan fingerprint density at radius 1 is 0.686 bits per heavy atom. The molecular weight excluding hydrogens is 468 g/mol. The molecule has 0 aliphatic heterocycles. The van der Waals surface area contributed by atoms with Crippen LogP contribution in [-0.4, -0.2) is 37.4 Å². The Hall–Kier alpha value is -2.99. The molecule has 0 aromatic heterocycles. The molecule has 2 aliphatic carbocycles. The molecule has 0 saturated heterocycles. The summed E-state index contributed by atoms with van der Waals surface area (Å²) in [6, 6.07) is 13.0. The van der Waals surface area contributed by atoms with Gasteiger partial charge in [0.15, 0.2) is 13.2 Å². The van der Waals surface area contributed by atoms with Crippen LogP contribution in [0.4, 0.5) is 0 Å². The molecule has 6 nitrogen and oxygen atoms in total. The van der Waals surface area contributed by atoms with Crippen LogP contribution >= 0.6 is 11.6 Å². The lowest BCUT2D eigenvalue weighted by Crippen LogP contribution is -2.21. The van der Waals surface area contributed by atoms with E-state index < -0.39 is 0 Å². The maximum absolute atomic E-state index is 12.4. The zero-order chi connectivity index (χ0) is 24.2. The van der Waals surface area contributed by atoms with E-state index in [1.165, 1.54) is 0 Å². The summed E-state index contributed by atoms with van der Waals surface area (Å²) in [6.07, 6.45) is 7.94. The van der Waals surface area contributed by atoms with Gasteiger partial charge in [-0.2, -0.15) is 0 Å². The number of halogens is 1. The van der Waals surface area contributed by atoms with E-state index in [-0.39, 0.29) is 37.4 Å². The molecule has 0 atom stereocenters. The van der Waals surface area contributed by atoms with Crippen molar-refractivity contribution in [3.05, 3.63) is 47.5 Å². The second-order valence-corrected chi connectivity index (χ2v) is 9.70. The predicted octanol–water partition coefficient (Wildman–Crippen LogP) is 6.38. The molecule has 7 heteroatoms. The number of esters is 2. The molecule has 3 aromatic carbocycles. The van der Waals surface area contributed by atoms with Crippen molar-refractivity contribution in [2.45, 2.75) is 63.6 Å². The Morgan fingerprint density at radius 3 is 1.66 bits per heavy atom. The summed E-state index contributed by atoms with van der Waals surface area (Å²) in [7, 11) is 0. The lowest BCUT2D eigenvalue weighted by Gasteiger charge is -2.18. The highest BCUT2D eigenvalue weighted by molar-refractivity contribution is 6.31. The Kier molecular flexibility index (Phi) is 7.28. The second-order valence-electron chi connectivity index (χ2n) is 9.26. The van der Waals surface area contributed by atoms with Crippen LogP contribution in [0.2, 0.25) is 5.02 Å². The standard InChI is InChI=1S/C28H29ClO6/c29-18-13-14-23-24(15-18)28(33-17-26(31)35-20-9-3-4-10-20)22-12-6-5-11-21(22)27(23)32-16-25(30)34-19-7-1-2-8-19/h5-6,11-15,19-20H,1-4,7-10,16-17H2. The molecule has 35 heavy (non-hydrogen) atoms. The fourth-order valence-corrected chi connectivity index (χ4v) is 5.27. The van der Waals surface area contributed by atoms with Crippen molar-refractivity contribution in [1.29, 1.82) is 0 Å². The zero-order valence-electron chi connectivity index (χ0n) is 19.6. The summed E-state index contributed by atoms with van der Waals surface area (Å²) >= 11 is 6.33. The number of benzene rings is 3. The van der Waals surface area contributed by atoms with Crippen molar-refractivity contribution in [1.82, 2.24) is 0 Å². The van der Waals surface area contributed by atoms with Gasteiger partial charge in [0.1, 0.15) is 23.7 Å². The molecule has 0 heterocycles. The highest BCUT2D eigenvalue weighted by Crippen LogP contribution is 2.43. The molecular formula is C28H29ClO6. The highest BCUT2D eigenvalue weighted by atomic mass is 35.5.